The molecule has 2 N–H and O–H groups in total. The number of imidazole rings is 2. The number of aliphatic imine (C=N–C) groups is 1. The van der Waals surface area contributed by atoms with E-state index in [1.54, 1.807) is 35.4 Å². The van der Waals surface area contributed by atoms with Crippen LogP contribution in [0.5, 0.6) is 0 Å². The average Bonchev–Trinajstić information content (AvgIpc) is 4.06. The SMILES string of the molecule is COC(=O)/N=C(/C(=O)N1CCC[C@H]1c1ncc(-c2ccc(-c3ccc(-c4cnc([C@@H]5CCCN5C(=O)C5CCCC5)[nH]4)cc3)cc2)[nH]1)c1ccccc1. The Kier molecular flexibility index (Phi) is 9.71. The maximum absolute atomic E-state index is 13.8. The molecule has 4 heterocycles. The first-order chi connectivity index (χ1) is 26.0. The Balaban J connectivity index is 0.937. The number of nitrogens with zero attached hydrogens (tertiary/aromatic N) is 5. The fourth-order valence-electron chi connectivity index (χ4n) is 8.11. The molecule has 0 bridgehead atoms. The number of likely N-dealkylation sites (tertiary alicyclic amines) is 2. The van der Waals surface area contributed by atoms with Gasteiger partial charge in [0.25, 0.3) is 5.91 Å². The van der Waals surface area contributed by atoms with E-state index in [2.05, 4.69) is 73.4 Å². The van der Waals surface area contributed by atoms with Crippen molar-refractivity contribution in [2.45, 2.75) is 63.5 Å². The van der Waals surface area contributed by atoms with Gasteiger partial charge in [0.05, 0.1) is 43.0 Å². The summed E-state index contributed by atoms with van der Waals surface area (Å²) in [5.74, 6) is 1.72. The Morgan fingerprint density at radius 1 is 0.660 bits per heavy atom. The summed E-state index contributed by atoms with van der Waals surface area (Å²) in [5, 5.41) is 0. The molecule has 3 aromatic carbocycles. The van der Waals surface area contributed by atoms with Crippen LogP contribution in [0.1, 0.15) is 80.7 Å². The highest BCUT2D eigenvalue weighted by molar-refractivity contribution is 6.46. The van der Waals surface area contributed by atoms with Crippen molar-refractivity contribution in [3.8, 4) is 33.6 Å². The van der Waals surface area contributed by atoms with Crippen LogP contribution < -0.4 is 0 Å². The number of aromatic nitrogens is 4. The molecule has 2 saturated heterocycles. The van der Waals surface area contributed by atoms with Crippen LogP contribution in [0, 0.1) is 5.92 Å². The quantitative estimate of drug-likeness (QED) is 0.157. The maximum atomic E-state index is 13.8. The lowest BCUT2D eigenvalue weighted by Gasteiger charge is -2.26. The second-order valence-electron chi connectivity index (χ2n) is 14.1. The number of H-pyrrole nitrogens is 2. The van der Waals surface area contributed by atoms with Crippen molar-refractivity contribution in [3.63, 3.8) is 0 Å². The third-order valence-corrected chi connectivity index (χ3v) is 10.9. The standard InChI is InChI=1S/C42H43N7O4/c1-53-42(52)47-37(31-9-3-2-4-10-31)41(51)49-24-8-14-36(49)39-44-26-34(46-39)30-21-17-28(18-22-30)27-15-19-29(20-16-27)33-25-43-38(45-33)35-13-7-23-48(35)40(50)32-11-5-6-12-32/h2-4,9-10,15-22,25-26,32,35-36H,5-8,11-14,23-24H2,1H3,(H,43,45)(H,44,46)/b47-37+/t35-,36-/m0/s1. The number of carbonyl (C=O) groups excluding carboxylic acids is 3. The molecule has 0 unspecified atom stereocenters. The van der Waals surface area contributed by atoms with Crippen LogP contribution in [0.25, 0.3) is 33.6 Å². The molecule has 11 nitrogen and oxygen atoms in total. The number of nitrogens with one attached hydrogen (secondary N) is 2. The van der Waals surface area contributed by atoms with E-state index in [1.807, 2.05) is 12.3 Å². The van der Waals surface area contributed by atoms with Gasteiger partial charge in [-0.05, 0) is 60.8 Å². The van der Waals surface area contributed by atoms with Crippen LogP contribution in [0.2, 0.25) is 0 Å². The highest BCUT2D eigenvalue weighted by Gasteiger charge is 2.37. The third-order valence-electron chi connectivity index (χ3n) is 10.9. The van der Waals surface area contributed by atoms with Gasteiger partial charge in [0.15, 0.2) is 0 Å². The fourth-order valence-corrected chi connectivity index (χ4v) is 8.11. The first kappa shape index (κ1) is 34.3. The second kappa shape index (κ2) is 15.0. The molecule has 270 valence electrons. The van der Waals surface area contributed by atoms with E-state index in [4.69, 9.17) is 9.72 Å². The van der Waals surface area contributed by atoms with Gasteiger partial charge in [0, 0.05) is 24.6 Å². The van der Waals surface area contributed by atoms with Gasteiger partial charge in [-0.3, -0.25) is 9.59 Å². The van der Waals surface area contributed by atoms with Crippen molar-refractivity contribution in [1.82, 2.24) is 29.7 Å². The normalized spacial score (nSPS) is 19.2. The van der Waals surface area contributed by atoms with Gasteiger partial charge >= 0.3 is 6.09 Å². The summed E-state index contributed by atoms with van der Waals surface area (Å²) >= 11 is 0. The van der Waals surface area contributed by atoms with E-state index in [0.29, 0.717) is 23.8 Å². The maximum Gasteiger partial charge on any atom is 0.434 e. The van der Waals surface area contributed by atoms with Crippen LogP contribution in [-0.4, -0.2) is 73.6 Å². The Morgan fingerprint density at radius 3 is 1.72 bits per heavy atom. The molecule has 3 aliphatic rings. The molecule has 8 rings (SSSR count). The molecule has 2 aliphatic heterocycles. The predicted molar refractivity (Wildman–Crippen MR) is 202 cm³/mol. The molecular formula is C42H43N7O4. The number of benzene rings is 3. The number of ether oxygens (including phenoxy) is 1. The molecule has 2 aromatic heterocycles. The van der Waals surface area contributed by atoms with Crippen LogP contribution in [0.4, 0.5) is 4.79 Å². The van der Waals surface area contributed by atoms with E-state index < -0.39 is 6.09 Å². The third kappa shape index (κ3) is 7.03. The summed E-state index contributed by atoms with van der Waals surface area (Å²) < 4.78 is 4.75. The number of hydrogen-bond donors (Lipinski definition) is 2. The van der Waals surface area contributed by atoms with Crippen molar-refractivity contribution >= 4 is 23.6 Å². The van der Waals surface area contributed by atoms with Crippen molar-refractivity contribution in [1.29, 1.82) is 0 Å². The van der Waals surface area contributed by atoms with Gasteiger partial charge in [-0.1, -0.05) is 91.7 Å². The second-order valence-corrected chi connectivity index (χ2v) is 14.1. The molecule has 5 aromatic rings. The first-order valence-electron chi connectivity index (χ1n) is 18.6. The smallest absolute Gasteiger partial charge is 0.434 e. The van der Waals surface area contributed by atoms with Gasteiger partial charge in [-0.25, -0.2) is 14.8 Å². The van der Waals surface area contributed by atoms with Gasteiger partial charge < -0.3 is 24.5 Å². The van der Waals surface area contributed by atoms with Gasteiger partial charge in [-0.15, -0.1) is 0 Å². The zero-order chi connectivity index (χ0) is 36.3. The van der Waals surface area contributed by atoms with Crippen molar-refractivity contribution in [2.75, 3.05) is 20.2 Å². The zero-order valence-electron chi connectivity index (χ0n) is 29.8. The minimum absolute atomic E-state index is 0.0279. The lowest BCUT2D eigenvalue weighted by Crippen LogP contribution is -2.37. The molecular weight excluding hydrogens is 667 g/mol. The minimum Gasteiger partial charge on any atom is -0.451 e. The number of hydrogen-bond acceptors (Lipinski definition) is 6. The van der Waals surface area contributed by atoms with Crippen molar-refractivity contribution in [3.05, 3.63) is 108 Å². The van der Waals surface area contributed by atoms with Crippen LogP contribution >= 0.6 is 0 Å². The fraction of sp³-hybridized carbons (Fsp3) is 0.333. The van der Waals surface area contributed by atoms with Crippen LogP contribution in [0.3, 0.4) is 0 Å². The summed E-state index contributed by atoms with van der Waals surface area (Å²) in [6, 6.07) is 25.5. The molecule has 53 heavy (non-hydrogen) atoms. The van der Waals surface area contributed by atoms with E-state index in [9.17, 15) is 14.4 Å². The minimum atomic E-state index is -0.820. The summed E-state index contributed by atoms with van der Waals surface area (Å²) in [7, 11) is 1.24. The molecule has 1 saturated carbocycles. The summed E-state index contributed by atoms with van der Waals surface area (Å²) in [6.45, 7) is 1.35. The molecule has 3 fully saturated rings. The van der Waals surface area contributed by atoms with Crippen molar-refractivity contribution in [2.24, 2.45) is 10.9 Å². The summed E-state index contributed by atoms with van der Waals surface area (Å²) in [4.78, 5) is 63.3. The average molecular weight is 710 g/mol. The molecule has 0 spiro atoms. The molecule has 11 heteroatoms. The van der Waals surface area contributed by atoms with Crippen LogP contribution in [0.15, 0.2) is 96.2 Å². The monoisotopic (exact) mass is 709 g/mol. The largest absolute Gasteiger partial charge is 0.451 e. The topological polar surface area (TPSA) is 137 Å². The zero-order valence-corrected chi connectivity index (χ0v) is 29.8. The van der Waals surface area contributed by atoms with Crippen molar-refractivity contribution < 1.29 is 19.1 Å². The lowest BCUT2D eigenvalue weighted by molar-refractivity contribution is -0.136. The Morgan fingerprint density at radius 2 is 1.17 bits per heavy atom. The van der Waals surface area contributed by atoms with E-state index in [-0.39, 0.29) is 29.6 Å². The van der Waals surface area contributed by atoms with Gasteiger partial charge in [0.2, 0.25) is 5.91 Å². The predicted octanol–water partition coefficient (Wildman–Crippen LogP) is 7.91. The van der Waals surface area contributed by atoms with E-state index in [0.717, 1.165) is 97.4 Å². The summed E-state index contributed by atoms with van der Waals surface area (Å²) in [5.41, 5.74) is 6.62. The number of carbonyl (C=O) groups is 3. The highest BCUT2D eigenvalue weighted by atomic mass is 16.5. The van der Waals surface area contributed by atoms with Gasteiger partial charge in [-0.2, -0.15) is 4.99 Å². The van der Waals surface area contributed by atoms with E-state index >= 15 is 0 Å². The number of rotatable bonds is 8. The highest BCUT2D eigenvalue weighted by Crippen LogP contribution is 2.37. The molecule has 1 aliphatic carbocycles. The first-order valence-corrected chi connectivity index (χ1v) is 18.6. The number of methoxy groups -OCH3 is 1. The summed E-state index contributed by atoms with van der Waals surface area (Å²) in [6.07, 6.45) is 10.7. The lowest BCUT2D eigenvalue weighted by atomic mass is 10.0. The van der Waals surface area contributed by atoms with Crippen LogP contribution in [-0.2, 0) is 14.3 Å². The number of amides is 3. The molecule has 2 atom stereocenters. The Bertz CT molecular complexity index is 2110. The Labute approximate surface area is 308 Å². The van der Waals surface area contributed by atoms with Gasteiger partial charge in [0.1, 0.15) is 17.4 Å². The molecule has 0 radical (unpaired) electrons. The number of aromatic amines is 2. The van der Waals surface area contributed by atoms with E-state index in [1.165, 1.54) is 7.11 Å². The Hall–Kier alpha value is -5.84. The molecule has 3 amide bonds.